The molecule has 2 rings (SSSR count). The maximum absolute atomic E-state index is 11.7. The van der Waals surface area contributed by atoms with E-state index in [0.29, 0.717) is 6.61 Å². The van der Waals surface area contributed by atoms with E-state index >= 15 is 0 Å². The van der Waals surface area contributed by atoms with E-state index in [-0.39, 0.29) is 12.0 Å². The highest BCUT2D eigenvalue weighted by molar-refractivity contribution is 6.15. The number of halogens is 1. The molecule has 0 radical (unpaired) electrons. The van der Waals surface area contributed by atoms with Gasteiger partial charge in [0.15, 0.2) is 0 Å². The van der Waals surface area contributed by atoms with Gasteiger partial charge in [-0.15, -0.1) is 0 Å². The number of rotatable bonds is 3. The molecule has 3 nitrogen and oxygen atoms in total. The van der Waals surface area contributed by atoms with Crippen LogP contribution in [-0.4, -0.2) is 23.0 Å². The number of carbonyl (C=O) groups is 1. The molecule has 0 bridgehead atoms. The normalized spacial score (nSPS) is 20.9. The highest BCUT2D eigenvalue weighted by Crippen LogP contribution is 2.20. The van der Waals surface area contributed by atoms with E-state index in [9.17, 15) is 4.79 Å². The van der Waals surface area contributed by atoms with E-state index in [1.165, 1.54) is 4.42 Å². The molecule has 1 atom stereocenters. The number of hydrogen-bond donors (Lipinski definition) is 0. The molecule has 4 heteroatoms. The Kier molecular flexibility index (Phi) is 3.80. The molecule has 0 unspecified atom stereocenters. The van der Waals surface area contributed by atoms with Gasteiger partial charge in [0.1, 0.15) is 12.6 Å². The lowest BCUT2D eigenvalue weighted by Gasteiger charge is -2.15. The van der Waals surface area contributed by atoms with Crippen molar-refractivity contribution in [3.05, 3.63) is 35.9 Å². The summed E-state index contributed by atoms with van der Waals surface area (Å²) in [4.78, 5) is 11.7. The maximum Gasteiger partial charge on any atom is 0.325 e. The summed E-state index contributed by atoms with van der Waals surface area (Å²) in [5.41, 5.74) is 0.995. The second-order valence-corrected chi connectivity index (χ2v) is 4.31. The van der Waals surface area contributed by atoms with Crippen molar-refractivity contribution >= 4 is 17.7 Å². The van der Waals surface area contributed by atoms with Crippen molar-refractivity contribution in [3.63, 3.8) is 0 Å². The SMILES string of the molecule is O=C(OCc1ccccc1)[C@@H]1CCCN1Cl. The third-order valence-corrected chi connectivity index (χ3v) is 3.09. The summed E-state index contributed by atoms with van der Waals surface area (Å²) < 4.78 is 6.75. The molecule has 0 spiro atoms. The van der Waals surface area contributed by atoms with Crippen LogP contribution in [0, 0.1) is 0 Å². The minimum atomic E-state index is -0.273. The third kappa shape index (κ3) is 2.74. The summed E-state index contributed by atoms with van der Waals surface area (Å²) >= 11 is 5.89. The Morgan fingerprint density at radius 3 is 2.81 bits per heavy atom. The highest BCUT2D eigenvalue weighted by Gasteiger charge is 2.30. The van der Waals surface area contributed by atoms with Gasteiger partial charge in [0.25, 0.3) is 0 Å². The Morgan fingerprint density at radius 2 is 2.19 bits per heavy atom. The zero-order valence-electron chi connectivity index (χ0n) is 8.93. The average molecular weight is 240 g/mol. The van der Waals surface area contributed by atoms with Crippen LogP contribution in [0.2, 0.25) is 0 Å². The fourth-order valence-electron chi connectivity index (χ4n) is 1.79. The second kappa shape index (κ2) is 5.32. The summed E-state index contributed by atoms with van der Waals surface area (Å²) in [6.07, 6.45) is 1.74. The topological polar surface area (TPSA) is 29.5 Å². The Balaban J connectivity index is 1.84. The van der Waals surface area contributed by atoms with E-state index in [0.717, 1.165) is 24.9 Å². The summed E-state index contributed by atoms with van der Waals surface area (Å²) in [6, 6.07) is 9.37. The standard InChI is InChI=1S/C12H14ClNO2/c13-14-8-4-7-11(14)12(15)16-9-10-5-2-1-3-6-10/h1-3,5-6,11H,4,7-9H2/t11-/m0/s1. The molecule has 16 heavy (non-hydrogen) atoms. The monoisotopic (exact) mass is 239 g/mol. The maximum atomic E-state index is 11.7. The lowest BCUT2D eigenvalue weighted by atomic mass is 10.2. The Morgan fingerprint density at radius 1 is 1.44 bits per heavy atom. The number of nitrogens with zero attached hydrogens (tertiary/aromatic N) is 1. The first-order valence-electron chi connectivity index (χ1n) is 5.40. The minimum absolute atomic E-state index is 0.226. The van der Waals surface area contributed by atoms with Gasteiger partial charge in [-0.3, -0.25) is 4.79 Å². The molecule has 0 N–H and O–H groups in total. The fraction of sp³-hybridized carbons (Fsp3) is 0.417. The van der Waals surface area contributed by atoms with Crippen molar-refractivity contribution in [1.82, 2.24) is 4.42 Å². The molecule has 1 saturated heterocycles. The van der Waals surface area contributed by atoms with Crippen LogP contribution in [0.3, 0.4) is 0 Å². The summed E-state index contributed by atoms with van der Waals surface area (Å²) in [7, 11) is 0. The lowest BCUT2D eigenvalue weighted by Crippen LogP contribution is -2.30. The van der Waals surface area contributed by atoms with E-state index in [4.69, 9.17) is 16.5 Å². The number of carbonyl (C=O) groups excluding carboxylic acids is 1. The quantitative estimate of drug-likeness (QED) is 0.599. The van der Waals surface area contributed by atoms with Gasteiger partial charge in [-0.05, 0) is 30.2 Å². The first-order valence-corrected chi connectivity index (χ1v) is 5.74. The van der Waals surface area contributed by atoms with Crippen molar-refractivity contribution in [2.24, 2.45) is 0 Å². The Bertz CT molecular complexity index is 355. The van der Waals surface area contributed by atoms with Crippen molar-refractivity contribution in [2.75, 3.05) is 6.54 Å². The van der Waals surface area contributed by atoms with Crippen molar-refractivity contribution in [1.29, 1.82) is 0 Å². The smallest absolute Gasteiger partial charge is 0.325 e. The van der Waals surface area contributed by atoms with Crippen LogP contribution in [0.4, 0.5) is 0 Å². The number of benzene rings is 1. The molecule has 1 aromatic carbocycles. The summed E-state index contributed by atoms with van der Waals surface area (Å²) in [6.45, 7) is 1.08. The van der Waals surface area contributed by atoms with Gasteiger partial charge in [-0.1, -0.05) is 30.3 Å². The molecule has 1 aliphatic heterocycles. The van der Waals surface area contributed by atoms with Crippen molar-refractivity contribution in [2.45, 2.75) is 25.5 Å². The van der Waals surface area contributed by atoms with E-state index in [2.05, 4.69) is 0 Å². The average Bonchev–Trinajstić information content (AvgIpc) is 2.74. The van der Waals surface area contributed by atoms with Gasteiger partial charge in [-0.2, -0.15) is 0 Å². The van der Waals surface area contributed by atoms with Crippen LogP contribution >= 0.6 is 11.8 Å². The van der Waals surface area contributed by atoms with Crippen LogP contribution in [0.25, 0.3) is 0 Å². The molecular weight excluding hydrogens is 226 g/mol. The first-order chi connectivity index (χ1) is 7.77. The molecule has 0 saturated carbocycles. The molecule has 1 aliphatic rings. The van der Waals surface area contributed by atoms with Gasteiger partial charge >= 0.3 is 5.97 Å². The van der Waals surface area contributed by atoms with E-state index in [1.54, 1.807) is 0 Å². The molecule has 0 amide bonds. The van der Waals surface area contributed by atoms with Crippen LogP contribution in [0.15, 0.2) is 30.3 Å². The van der Waals surface area contributed by atoms with Crippen LogP contribution in [-0.2, 0) is 16.1 Å². The van der Waals surface area contributed by atoms with Gasteiger partial charge in [-0.25, -0.2) is 4.42 Å². The molecular formula is C12H14ClNO2. The van der Waals surface area contributed by atoms with Gasteiger partial charge < -0.3 is 4.74 Å². The minimum Gasteiger partial charge on any atom is -0.460 e. The lowest BCUT2D eigenvalue weighted by molar-refractivity contribution is -0.148. The van der Waals surface area contributed by atoms with Crippen LogP contribution in [0.1, 0.15) is 18.4 Å². The molecule has 1 fully saturated rings. The second-order valence-electron chi connectivity index (χ2n) is 3.87. The van der Waals surface area contributed by atoms with Crippen molar-refractivity contribution < 1.29 is 9.53 Å². The molecule has 1 aromatic rings. The van der Waals surface area contributed by atoms with Crippen LogP contribution < -0.4 is 0 Å². The first kappa shape index (κ1) is 11.4. The molecule has 86 valence electrons. The van der Waals surface area contributed by atoms with Crippen LogP contribution in [0.5, 0.6) is 0 Å². The zero-order valence-corrected chi connectivity index (χ0v) is 9.69. The number of esters is 1. The predicted molar refractivity (Wildman–Crippen MR) is 61.8 cm³/mol. The van der Waals surface area contributed by atoms with Gasteiger partial charge in [0, 0.05) is 6.54 Å². The predicted octanol–water partition coefficient (Wildman–Crippen LogP) is 2.35. The Labute approximate surface area is 100 Å². The summed E-state index contributed by atoms with van der Waals surface area (Å²) in [5, 5.41) is 0. The highest BCUT2D eigenvalue weighted by atomic mass is 35.5. The molecule has 0 aliphatic carbocycles. The van der Waals surface area contributed by atoms with E-state index in [1.807, 2.05) is 30.3 Å². The van der Waals surface area contributed by atoms with Gasteiger partial charge in [0.2, 0.25) is 0 Å². The van der Waals surface area contributed by atoms with Crippen molar-refractivity contribution in [3.8, 4) is 0 Å². The third-order valence-electron chi connectivity index (χ3n) is 2.68. The number of ether oxygens (including phenoxy) is 1. The largest absolute Gasteiger partial charge is 0.460 e. The number of hydrogen-bond acceptors (Lipinski definition) is 3. The Hall–Kier alpha value is -1.06. The molecule has 1 heterocycles. The fourth-order valence-corrected chi connectivity index (χ4v) is 2.09. The van der Waals surface area contributed by atoms with E-state index < -0.39 is 0 Å². The zero-order chi connectivity index (χ0) is 11.4. The van der Waals surface area contributed by atoms with Gasteiger partial charge in [0.05, 0.1) is 0 Å². The summed E-state index contributed by atoms with van der Waals surface area (Å²) in [5.74, 6) is -0.226. The molecule has 0 aromatic heterocycles.